The summed E-state index contributed by atoms with van der Waals surface area (Å²) in [4.78, 5) is 0. The van der Waals surface area contributed by atoms with E-state index in [1.165, 1.54) is 12.8 Å². The van der Waals surface area contributed by atoms with Gasteiger partial charge in [-0.3, -0.25) is 0 Å². The predicted octanol–water partition coefficient (Wildman–Crippen LogP) is 2.10. The molecule has 4 heteroatoms. The minimum absolute atomic E-state index is 0.854. The molecular weight excluding hydrogens is 164 g/mol. The Labute approximate surface area is 68.1 Å². The van der Waals surface area contributed by atoms with Crippen molar-refractivity contribution >= 4 is 23.1 Å². The molecule has 1 heterocycles. The van der Waals surface area contributed by atoms with E-state index in [-0.39, 0.29) is 0 Å². The first-order valence-corrected chi connectivity index (χ1v) is 5.01. The van der Waals surface area contributed by atoms with E-state index in [9.17, 15) is 0 Å². The molecule has 54 valence electrons. The monoisotopic (exact) mass is 172 g/mol. The van der Waals surface area contributed by atoms with E-state index in [1.807, 2.05) is 18.7 Å². The van der Waals surface area contributed by atoms with Gasteiger partial charge in [-0.2, -0.15) is 0 Å². The molecule has 0 spiro atoms. The second-order valence-electron chi connectivity index (χ2n) is 2.40. The van der Waals surface area contributed by atoms with Crippen LogP contribution in [0.1, 0.15) is 17.8 Å². The SMILES string of the molecule is Cc1nnc(SC2CC2)s1. The van der Waals surface area contributed by atoms with Crippen LogP contribution in [0.25, 0.3) is 0 Å². The van der Waals surface area contributed by atoms with Crippen LogP contribution in [0.5, 0.6) is 0 Å². The summed E-state index contributed by atoms with van der Waals surface area (Å²) in [6, 6.07) is 0. The highest BCUT2D eigenvalue weighted by Gasteiger charge is 2.23. The zero-order chi connectivity index (χ0) is 6.97. The van der Waals surface area contributed by atoms with Crippen molar-refractivity contribution in [2.45, 2.75) is 29.4 Å². The first kappa shape index (κ1) is 6.61. The maximum atomic E-state index is 4.03. The molecule has 0 N–H and O–H groups in total. The lowest BCUT2D eigenvalue weighted by atomic mass is 10.9. The molecule has 1 saturated carbocycles. The Morgan fingerprint density at radius 1 is 1.50 bits per heavy atom. The quantitative estimate of drug-likeness (QED) is 0.683. The normalized spacial score (nSPS) is 17.7. The highest BCUT2D eigenvalue weighted by atomic mass is 32.2. The van der Waals surface area contributed by atoms with Gasteiger partial charge in [0.05, 0.1) is 0 Å². The Kier molecular flexibility index (Phi) is 1.66. The summed E-state index contributed by atoms with van der Waals surface area (Å²) >= 11 is 3.57. The van der Waals surface area contributed by atoms with Gasteiger partial charge in [-0.15, -0.1) is 10.2 Å². The third-order valence-corrected chi connectivity index (χ3v) is 3.56. The van der Waals surface area contributed by atoms with E-state index in [0.29, 0.717) is 0 Å². The third kappa shape index (κ3) is 1.49. The minimum Gasteiger partial charge on any atom is -0.143 e. The van der Waals surface area contributed by atoms with Gasteiger partial charge < -0.3 is 0 Å². The molecule has 0 bridgehead atoms. The van der Waals surface area contributed by atoms with Crippen molar-refractivity contribution in [2.24, 2.45) is 0 Å². The molecule has 0 radical (unpaired) electrons. The lowest BCUT2D eigenvalue weighted by Gasteiger charge is -1.85. The van der Waals surface area contributed by atoms with E-state index >= 15 is 0 Å². The molecule has 0 aromatic carbocycles. The van der Waals surface area contributed by atoms with E-state index < -0.39 is 0 Å². The summed E-state index contributed by atoms with van der Waals surface area (Å²) in [6.45, 7) is 1.99. The van der Waals surface area contributed by atoms with Crippen LogP contribution in [0.3, 0.4) is 0 Å². The molecular formula is C6H8N2S2. The first-order valence-electron chi connectivity index (χ1n) is 3.31. The Hall–Kier alpha value is -0.0900. The highest BCUT2D eigenvalue weighted by Crippen LogP contribution is 2.39. The molecule has 0 saturated heterocycles. The Balaban J connectivity index is 2.03. The van der Waals surface area contributed by atoms with Gasteiger partial charge in [-0.05, 0) is 19.8 Å². The van der Waals surface area contributed by atoms with E-state index in [1.54, 1.807) is 11.3 Å². The fourth-order valence-electron chi connectivity index (χ4n) is 0.655. The second-order valence-corrected chi connectivity index (χ2v) is 5.13. The Morgan fingerprint density at radius 3 is 2.80 bits per heavy atom. The van der Waals surface area contributed by atoms with Crippen LogP contribution in [0.4, 0.5) is 0 Å². The van der Waals surface area contributed by atoms with E-state index in [0.717, 1.165) is 14.6 Å². The third-order valence-electron chi connectivity index (χ3n) is 1.30. The molecule has 1 aromatic heterocycles. The van der Waals surface area contributed by atoms with Gasteiger partial charge in [0.2, 0.25) is 0 Å². The number of hydrogen-bond acceptors (Lipinski definition) is 4. The number of thioether (sulfide) groups is 1. The van der Waals surface area contributed by atoms with Crippen molar-refractivity contribution in [3.05, 3.63) is 5.01 Å². The van der Waals surface area contributed by atoms with Crippen LogP contribution in [0.2, 0.25) is 0 Å². The van der Waals surface area contributed by atoms with Crippen LogP contribution in [0.15, 0.2) is 4.34 Å². The summed E-state index contributed by atoms with van der Waals surface area (Å²) < 4.78 is 1.14. The lowest BCUT2D eigenvalue weighted by molar-refractivity contribution is 0.983. The van der Waals surface area contributed by atoms with Gasteiger partial charge >= 0.3 is 0 Å². The standard InChI is InChI=1S/C6H8N2S2/c1-4-7-8-6(9-4)10-5-2-3-5/h5H,2-3H2,1H3. The van der Waals surface area contributed by atoms with Crippen molar-refractivity contribution in [1.29, 1.82) is 0 Å². The molecule has 10 heavy (non-hydrogen) atoms. The largest absolute Gasteiger partial charge is 0.174 e. The van der Waals surface area contributed by atoms with Crippen LogP contribution < -0.4 is 0 Å². The number of nitrogens with zero attached hydrogens (tertiary/aromatic N) is 2. The van der Waals surface area contributed by atoms with E-state index in [4.69, 9.17) is 0 Å². The minimum atomic E-state index is 0.854. The zero-order valence-corrected chi connectivity index (χ0v) is 7.34. The number of aryl methyl sites for hydroxylation is 1. The maximum Gasteiger partial charge on any atom is 0.174 e. The number of aromatic nitrogens is 2. The van der Waals surface area contributed by atoms with Gasteiger partial charge in [0.15, 0.2) is 4.34 Å². The van der Waals surface area contributed by atoms with Gasteiger partial charge in [0, 0.05) is 5.25 Å². The van der Waals surface area contributed by atoms with Crippen molar-refractivity contribution < 1.29 is 0 Å². The second kappa shape index (κ2) is 2.51. The molecule has 2 nitrogen and oxygen atoms in total. The smallest absolute Gasteiger partial charge is 0.143 e. The number of hydrogen-bond donors (Lipinski definition) is 0. The molecule has 0 unspecified atom stereocenters. The summed E-state index contributed by atoms with van der Waals surface area (Å²) in [5, 5.41) is 9.90. The molecule has 1 aromatic rings. The van der Waals surface area contributed by atoms with Crippen LogP contribution in [0, 0.1) is 6.92 Å². The molecule has 0 amide bonds. The summed E-state index contributed by atoms with van der Waals surface area (Å²) in [5.74, 6) is 0. The first-order chi connectivity index (χ1) is 4.84. The van der Waals surface area contributed by atoms with Crippen LogP contribution in [-0.2, 0) is 0 Å². The van der Waals surface area contributed by atoms with Crippen molar-refractivity contribution in [1.82, 2.24) is 10.2 Å². The topological polar surface area (TPSA) is 25.8 Å². The molecule has 0 aliphatic heterocycles. The predicted molar refractivity (Wildman–Crippen MR) is 43.5 cm³/mol. The fourth-order valence-corrected chi connectivity index (χ4v) is 2.78. The summed E-state index contributed by atoms with van der Waals surface area (Å²) in [7, 11) is 0. The number of rotatable bonds is 2. The molecule has 1 aliphatic rings. The van der Waals surface area contributed by atoms with E-state index in [2.05, 4.69) is 10.2 Å². The maximum absolute atomic E-state index is 4.03. The van der Waals surface area contributed by atoms with Gasteiger partial charge in [-0.1, -0.05) is 23.1 Å². The Morgan fingerprint density at radius 2 is 2.30 bits per heavy atom. The fraction of sp³-hybridized carbons (Fsp3) is 0.667. The molecule has 0 atom stereocenters. The highest BCUT2D eigenvalue weighted by molar-refractivity contribution is 8.01. The summed E-state index contributed by atoms with van der Waals surface area (Å²) in [6.07, 6.45) is 2.73. The van der Waals surface area contributed by atoms with Gasteiger partial charge in [0.1, 0.15) is 5.01 Å². The average molecular weight is 172 g/mol. The lowest BCUT2D eigenvalue weighted by Crippen LogP contribution is -1.73. The van der Waals surface area contributed by atoms with Crippen molar-refractivity contribution in [3.63, 3.8) is 0 Å². The molecule has 2 rings (SSSR count). The van der Waals surface area contributed by atoms with Crippen LogP contribution in [-0.4, -0.2) is 15.4 Å². The average Bonchev–Trinajstić information content (AvgIpc) is 2.59. The molecule has 1 aliphatic carbocycles. The van der Waals surface area contributed by atoms with Gasteiger partial charge in [0.25, 0.3) is 0 Å². The Bertz CT molecular complexity index is 229. The van der Waals surface area contributed by atoms with Gasteiger partial charge in [-0.25, -0.2) is 0 Å². The van der Waals surface area contributed by atoms with Crippen molar-refractivity contribution in [2.75, 3.05) is 0 Å². The summed E-state index contributed by atoms with van der Waals surface area (Å²) in [5.41, 5.74) is 0. The van der Waals surface area contributed by atoms with Crippen LogP contribution >= 0.6 is 23.1 Å². The van der Waals surface area contributed by atoms with Crippen molar-refractivity contribution in [3.8, 4) is 0 Å². The molecule has 1 fully saturated rings. The zero-order valence-electron chi connectivity index (χ0n) is 5.70.